The Bertz CT molecular complexity index is 429. The number of carbonyl (C=O) groups excluding carboxylic acids is 1. The van der Waals surface area contributed by atoms with Crippen LogP contribution in [0.4, 0.5) is 5.69 Å². The third kappa shape index (κ3) is 4.24. The van der Waals surface area contributed by atoms with Gasteiger partial charge in [0.05, 0.1) is 6.54 Å². The normalized spacial score (nSPS) is 14.2. The monoisotopic (exact) mass is 261 g/mol. The summed E-state index contributed by atoms with van der Waals surface area (Å²) >= 11 is 0. The maximum absolute atomic E-state index is 11.8. The lowest BCUT2D eigenvalue weighted by Crippen LogP contribution is -2.36. The van der Waals surface area contributed by atoms with Crippen molar-refractivity contribution in [3.63, 3.8) is 0 Å². The third-order valence-electron chi connectivity index (χ3n) is 3.29. The SMILES string of the molecule is CCNCc1ccccc1N(C)CC(=O)NC1CC1. The number of amides is 1. The smallest absolute Gasteiger partial charge is 0.239 e. The lowest BCUT2D eigenvalue weighted by Gasteiger charge is -2.22. The maximum Gasteiger partial charge on any atom is 0.239 e. The topological polar surface area (TPSA) is 44.4 Å². The molecule has 19 heavy (non-hydrogen) atoms. The van der Waals surface area contributed by atoms with Crippen LogP contribution in [0.3, 0.4) is 0 Å². The molecule has 0 bridgehead atoms. The van der Waals surface area contributed by atoms with Crippen molar-refractivity contribution in [3.05, 3.63) is 29.8 Å². The second-order valence-corrected chi connectivity index (χ2v) is 5.11. The van der Waals surface area contributed by atoms with Gasteiger partial charge in [-0.2, -0.15) is 0 Å². The highest BCUT2D eigenvalue weighted by Gasteiger charge is 2.23. The van der Waals surface area contributed by atoms with Gasteiger partial charge in [-0.3, -0.25) is 4.79 Å². The summed E-state index contributed by atoms with van der Waals surface area (Å²) in [4.78, 5) is 13.9. The molecule has 0 atom stereocenters. The zero-order valence-electron chi connectivity index (χ0n) is 11.8. The Labute approximate surface area is 115 Å². The molecule has 0 unspecified atom stereocenters. The Balaban J connectivity index is 1.96. The number of likely N-dealkylation sites (N-methyl/N-ethyl adjacent to an activating group) is 1. The molecular formula is C15H23N3O. The molecule has 1 amide bonds. The van der Waals surface area contributed by atoms with E-state index in [4.69, 9.17) is 0 Å². The van der Waals surface area contributed by atoms with Crippen LogP contribution in [0.15, 0.2) is 24.3 Å². The van der Waals surface area contributed by atoms with E-state index in [2.05, 4.69) is 29.7 Å². The number of para-hydroxylation sites is 1. The first-order valence-electron chi connectivity index (χ1n) is 7.00. The number of carbonyl (C=O) groups is 1. The number of nitrogens with zero attached hydrogens (tertiary/aromatic N) is 1. The fourth-order valence-electron chi connectivity index (χ4n) is 2.09. The molecule has 1 aromatic carbocycles. The summed E-state index contributed by atoms with van der Waals surface area (Å²) in [6.07, 6.45) is 2.26. The van der Waals surface area contributed by atoms with Crippen LogP contribution in [-0.4, -0.2) is 32.1 Å². The minimum atomic E-state index is 0.114. The molecule has 1 aliphatic carbocycles. The molecule has 1 saturated carbocycles. The summed E-state index contributed by atoms with van der Waals surface area (Å²) in [6, 6.07) is 8.65. The van der Waals surface area contributed by atoms with E-state index in [1.807, 2.05) is 24.1 Å². The molecule has 2 rings (SSSR count). The Morgan fingerprint density at radius 1 is 1.37 bits per heavy atom. The first kappa shape index (κ1) is 13.9. The van der Waals surface area contributed by atoms with Crippen molar-refractivity contribution in [1.29, 1.82) is 0 Å². The summed E-state index contributed by atoms with van der Waals surface area (Å²) in [7, 11) is 1.97. The summed E-state index contributed by atoms with van der Waals surface area (Å²) < 4.78 is 0. The molecule has 1 fully saturated rings. The molecule has 0 aliphatic heterocycles. The molecule has 1 aliphatic rings. The van der Waals surface area contributed by atoms with E-state index >= 15 is 0 Å². The fourth-order valence-corrected chi connectivity index (χ4v) is 2.09. The van der Waals surface area contributed by atoms with E-state index in [1.165, 1.54) is 5.56 Å². The van der Waals surface area contributed by atoms with E-state index in [0.717, 1.165) is 31.6 Å². The van der Waals surface area contributed by atoms with Crippen LogP contribution >= 0.6 is 0 Å². The molecule has 4 nitrogen and oxygen atoms in total. The molecule has 1 aromatic rings. The van der Waals surface area contributed by atoms with Gasteiger partial charge in [-0.1, -0.05) is 25.1 Å². The minimum Gasteiger partial charge on any atom is -0.365 e. The van der Waals surface area contributed by atoms with E-state index < -0.39 is 0 Å². The number of rotatable bonds is 7. The van der Waals surface area contributed by atoms with Gasteiger partial charge in [-0.15, -0.1) is 0 Å². The van der Waals surface area contributed by atoms with Crippen molar-refractivity contribution in [2.75, 3.05) is 25.0 Å². The molecular weight excluding hydrogens is 238 g/mol. The van der Waals surface area contributed by atoms with Crippen molar-refractivity contribution >= 4 is 11.6 Å². The van der Waals surface area contributed by atoms with E-state index in [1.54, 1.807) is 0 Å². The second-order valence-electron chi connectivity index (χ2n) is 5.11. The first-order chi connectivity index (χ1) is 9.20. The van der Waals surface area contributed by atoms with E-state index in [9.17, 15) is 4.79 Å². The summed E-state index contributed by atoms with van der Waals surface area (Å²) in [5, 5.41) is 6.35. The lowest BCUT2D eigenvalue weighted by molar-refractivity contribution is -0.119. The molecule has 104 valence electrons. The minimum absolute atomic E-state index is 0.114. The van der Waals surface area contributed by atoms with Crippen LogP contribution in [0.2, 0.25) is 0 Å². The average Bonchev–Trinajstić information content (AvgIpc) is 3.20. The Hall–Kier alpha value is -1.55. The number of nitrogens with one attached hydrogen (secondary N) is 2. The second kappa shape index (κ2) is 6.57. The molecule has 0 aromatic heterocycles. The van der Waals surface area contributed by atoms with Crippen LogP contribution in [0.1, 0.15) is 25.3 Å². The van der Waals surface area contributed by atoms with Crippen LogP contribution in [0.25, 0.3) is 0 Å². The van der Waals surface area contributed by atoms with Gasteiger partial charge < -0.3 is 15.5 Å². The Morgan fingerprint density at radius 3 is 2.79 bits per heavy atom. The van der Waals surface area contributed by atoms with Crippen molar-refractivity contribution in [3.8, 4) is 0 Å². The van der Waals surface area contributed by atoms with Crippen molar-refractivity contribution < 1.29 is 4.79 Å². The average molecular weight is 261 g/mol. The van der Waals surface area contributed by atoms with Crippen LogP contribution < -0.4 is 15.5 Å². The predicted octanol–water partition coefficient (Wildman–Crippen LogP) is 1.51. The van der Waals surface area contributed by atoms with E-state index in [-0.39, 0.29) is 5.91 Å². The predicted molar refractivity (Wildman–Crippen MR) is 78.3 cm³/mol. The highest BCUT2D eigenvalue weighted by molar-refractivity contribution is 5.82. The zero-order chi connectivity index (χ0) is 13.7. The molecule has 0 heterocycles. The lowest BCUT2D eigenvalue weighted by atomic mass is 10.1. The number of benzene rings is 1. The number of hydrogen-bond donors (Lipinski definition) is 2. The Kier molecular flexibility index (Phi) is 4.80. The van der Waals surface area contributed by atoms with Crippen molar-refractivity contribution in [2.24, 2.45) is 0 Å². The maximum atomic E-state index is 11.8. The van der Waals surface area contributed by atoms with Gasteiger partial charge in [0.2, 0.25) is 5.91 Å². The fraction of sp³-hybridized carbons (Fsp3) is 0.533. The summed E-state index contributed by atoms with van der Waals surface area (Å²) in [5.41, 5.74) is 2.35. The van der Waals surface area contributed by atoms with Gasteiger partial charge in [-0.25, -0.2) is 0 Å². The number of anilines is 1. The quantitative estimate of drug-likeness (QED) is 0.782. The van der Waals surface area contributed by atoms with Crippen molar-refractivity contribution in [1.82, 2.24) is 10.6 Å². The number of hydrogen-bond acceptors (Lipinski definition) is 3. The molecule has 0 saturated heterocycles. The van der Waals surface area contributed by atoms with Gasteiger partial charge in [0.25, 0.3) is 0 Å². The molecule has 0 radical (unpaired) electrons. The van der Waals surface area contributed by atoms with Gasteiger partial charge in [0, 0.05) is 25.3 Å². The molecule has 0 spiro atoms. The highest BCUT2D eigenvalue weighted by Crippen LogP contribution is 2.20. The van der Waals surface area contributed by atoms with Crippen LogP contribution in [0.5, 0.6) is 0 Å². The van der Waals surface area contributed by atoms with Crippen LogP contribution in [-0.2, 0) is 11.3 Å². The Morgan fingerprint density at radius 2 is 2.11 bits per heavy atom. The van der Waals surface area contributed by atoms with Gasteiger partial charge in [-0.05, 0) is 31.0 Å². The zero-order valence-corrected chi connectivity index (χ0v) is 11.8. The molecule has 4 heteroatoms. The van der Waals surface area contributed by atoms with Crippen molar-refractivity contribution in [2.45, 2.75) is 32.4 Å². The van der Waals surface area contributed by atoms with Gasteiger partial charge >= 0.3 is 0 Å². The summed E-state index contributed by atoms with van der Waals surface area (Å²) in [6.45, 7) is 4.29. The first-order valence-corrected chi connectivity index (χ1v) is 7.00. The molecule has 2 N–H and O–H groups in total. The highest BCUT2D eigenvalue weighted by atomic mass is 16.2. The van der Waals surface area contributed by atoms with Crippen LogP contribution in [0, 0.1) is 0 Å². The standard InChI is InChI=1S/C15H23N3O/c1-3-16-10-12-6-4-5-7-14(12)18(2)11-15(19)17-13-8-9-13/h4-7,13,16H,3,8-11H2,1-2H3,(H,17,19). The third-order valence-corrected chi connectivity index (χ3v) is 3.29. The largest absolute Gasteiger partial charge is 0.365 e. The van der Waals surface area contributed by atoms with Gasteiger partial charge in [0.1, 0.15) is 0 Å². The van der Waals surface area contributed by atoms with E-state index in [0.29, 0.717) is 12.6 Å². The summed E-state index contributed by atoms with van der Waals surface area (Å²) in [5.74, 6) is 0.114. The van der Waals surface area contributed by atoms with Gasteiger partial charge in [0.15, 0.2) is 0 Å².